The predicted octanol–water partition coefficient (Wildman–Crippen LogP) is 3.37. The molecule has 0 aromatic heterocycles. The summed E-state index contributed by atoms with van der Waals surface area (Å²) in [5.74, 6) is 0.297. The second kappa shape index (κ2) is 3.54. The van der Waals surface area contributed by atoms with Crippen molar-refractivity contribution in [3.8, 4) is 0 Å². The highest BCUT2D eigenvalue weighted by molar-refractivity contribution is 5.58. The summed E-state index contributed by atoms with van der Waals surface area (Å²) >= 11 is 0. The second-order valence-electron chi connectivity index (χ2n) is 3.37. The van der Waals surface area contributed by atoms with E-state index in [4.69, 9.17) is 0 Å². The molecule has 14 heavy (non-hydrogen) atoms. The number of fused-ring (bicyclic) bond motifs is 1. The molecule has 0 spiro atoms. The van der Waals surface area contributed by atoms with Crippen LogP contribution < -0.4 is 0 Å². The Labute approximate surface area is 83.8 Å². The fraction of sp³-hybridized carbons (Fsp3) is 0.0769. The smallest absolute Gasteiger partial charge is 0.116 e. The van der Waals surface area contributed by atoms with E-state index in [0.29, 0.717) is 5.76 Å². The molecule has 0 saturated carbocycles. The molecule has 0 radical (unpaired) electrons. The molecule has 0 fully saturated rings. The van der Waals surface area contributed by atoms with Gasteiger partial charge in [-0.3, -0.25) is 0 Å². The monoisotopic (exact) mass is 184 g/mol. The molecule has 2 aliphatic rings. The van der Waals surface area contributed by atoms with E-state index < -0.39 is 0 Å². The zero-order valence-corrected chi connectivity index (χ0v) is 8.07. The lowest BCUT2D eigenvalue weighted by atomic mass is 9.99. The second-order valence-corrected chi connectivity index (χ2v) is 3.37. The van der Waals surface area contributed by atoms with E-state index in [9.17, 15) is 5.11 Å². The van der Waals surface area contributed by atoms with Crippen LogP contribution in [0.5, 0.6) is 0 Å². The Hall–Kier alpha value is -1.76. The zero-order valence-electron chi connectivity index (χ0n) is 8.07. The highest BCUT2D eigenvalue weighted by atomic mass is 16.3. The van der Waals surface area contributed by atoms with Gasteiger partial charge in [0.1, 0.15) is 5.76 Å². The Morgan fingerprint density at radius 1 is 1.00 bits per heavy atom. The Kier molecular flexibility index (Phi) is 2.23. The fourth-order valence-corrected chi connectivity index (χ4v) is 1.57. The van der Waals surface area contributed by atoms with E-state index in [1.807, 2.05) is 30.4 Å². The minimum Gasteiger partial charge on any atom is -0.508 e. The molecule has 2 aliphatic carbocycles. The minimum atomic E-state index is 0.297. The topological polar surface area (TPSA) is 20.2 Å². The third kappa shape index (κ3) is 1.62. The molecular weight excluding hydrogens is 172 g/mol. The van der Waals surface area contributed by atoms with Crippen molar-refractivity contribution < 1.29 is 5.11 Å². The molecule has 0 bridgehead atoms. The molecule has 2 rings (SSSR count). The molecule has 1 N–H and O–H groups in total. The number of aliphatic hydroxyl groups excluding tert-OH is 1. The van der Waals surface area contributed by atoms with Gasteiger partial charge in [-0.05, 0) is 35.8 Å². The van der Waals surface area contributed by atoms with Crippen LogP contribution >= 0.6 is 0 Å². The van der Waals surface area contributed by atoms with Crippen molar-refractivity contribution in [2.24, 2.45) is 0 Å². The molecule has 0 aromatic carbocycles. The van der Waals surface area contributed by atoms with Gasteiger partial charge in [0.25, 0.3) is 0 Å². The van der Waals surface area contributed by atoms with Crippen molar-refractivity contribution in [3.63, 3.8) is 0 Å². The van der Waals surface area contributed by atoms with Gasteiger partial charge in [0.05, 0.1) is 0 Å². The summed E-state index contributed by atoms with van der Waals surface area (Å²) in [5.41, 5.74) is 3.42. The molecule has 0 heterocycles. The first-order valence-electron chi connectivity index (χ1n) is 4.62. The largest absolute Gasteiger partial charge is 0.508 e. The van der Waals surface area contributed by atoms with Crippen molar-refractivity contribution in [1.82, 2.24) is 0 Å². The summed E-state index contributed by atoms with van der Waals surface area (Å²) in [5, 5.41) is 9.46. The molecule has 0 aliphatic heterocycles. The Balaban J connectivity index is 2.55. The van der Waals surface area contributed by atoms with Crippen LogP contribution in [0.25, 0.3) is 0 Å². The fourth-order valence-electron chi connectivity index (χ4n) is 1.57. The highest BCUT2D eigenvalue weighted by Crippen LogP contribution is 2.25. The Morgan fingerprint density at radius 3 is 2.64 bits per heavy atom. The standard InChI is InChI=1S/C13H12O/c1-10-5-2-3-6-11-9-12(14)7-4-8-13(10)11/h2-9,14H,1H3. The Morgan fingerprint density at radius 2 is 1.79 bits per heavy atom. The molecular formula is C13H12O. The summed E-state index contributed by atoms with van der Waals surface area (Å²) < 4.78 is 0. The number of hydrogen-bond acceptors (Lipinski definition) is 1. The van der Waals surface area contributed by atoms with Gasteiger partial charge in [-0.15, -0.1) is 0 Å². The SMILES string of the molecule is CC1=CC=CC=C2C=C(O)C=CC=C12. The molecule has 0 atom stereocenters. The lowest BCUT2D eigenvalue weighted by molar-refractivity contribution is 0.432. The van der Waals surface area contributed by atoms with Crippen LogP contribution in [0, 0.1) is 0 Å². The molecule has 70 valence electrons. The van der Waals surface area contributed by atoms with Crippen LogP contribution in [-0.2, 0) is 0 Å². The number of allylic oxidation sites excluding steroid dienone is 11. The molecule has 1 heteroatoms. The van der Waals surface area contributed by atoms with Gasteiger partial charge in [-0.2, -0.15) is 0 Å². The normalized spacial score (nSPS) is 19.8. The number of hydrogen-bond donors (Lipinski definition) is 1. The lowest BCUT2D eigenvalue weighted by Gasteiger charge is -2.05. The van der Waals surface area contributed by atoms with E-state index in [2.05, 4.69) is 13.0 Å². The Bertz CT molecular complexity index is 426. The molecule has 0 aromatic rings. The lowest BCUT2D eigenvalue weighted by Crippen LogP contribution is -1.87. The average Bonchev–Trinajstić information content (AvgIpc) is 2.41. The maximum absolute atomic E-state index is 9.46. The summed E-state index contributed by atoms with van der Waals surface area (Å²) in [6, 6.07) is 0. The molecule has 1 nitrogen and oxygen atoms in total. The maximum atomic E-state index is 9.46. The van der Waals surface area contributed by atoms with Gasteiger partial charge in [-0.1, -0.05) is 36.5 Å². The molecule has 0 amide bonds. The molecule has 0 saturated heterocycles. The molecule has 0 unspecified atom stereocenters. The van der Waals surface area contributed by atoms with Gasteiger partial charge < -0.3 is 5.11 Å². The quantitative estimate of drug-likeness (QED) is 0.612. The van der Waals surface area contributed by atoms with Gasteiger partial charge in [0.2, 0.25) is 0 Å². The minimum absolute atomic E-state index is 0.297. The van der Waals surface area contributed by atoms with Crippen molar-refractivity contribution in [2.45, 2.75) is 6.92 Å². The number of aliphatic hydroxyl groups is 1. The van der Waals surface area contributed by atoms with Gasteiger partial charge >= 0.3 is 0 Å². The van der Waals surface area contributed by atoms with Crippen LogP contribution in [0.4, 0.5) is 0 Å². The number of rotatable bonds is 0. The predicted molar refractivity (Wildman–Crippen MR) is 58.9 cm³/mol. The summed E-state index contributed by atoms with van der Waals surface area (Å²) in [4.78, 5) is 0. The zero-order chi connectivity index (χ0) is 9.97. The van der Waals surface area contributed by atoms with Gasteiger partial charge in [0, 0.05) is 0 Å². The van der Waals surface area contributed by atoms with Gasteiger partial charge in [0.15, 0.2) is 0 Å². The van der Waals surface area contributed by atoms with Crippen molar-refractivity contribution >= 4 is 0 Å². The average molecular weight is 184 g/mol. The van der Waals surface area contributed by atoms with Crippen LogP contribution in [0.15, 0.2) is 71.1 Å². The van der Waals surface area contributed by atoms with Crippen LogP contribution in [0.1, 0.15) is 6.92 Å². The van der Waals surface area contributed by atoms with Crippen LogP contribution in [-0.4, -0.2) is 5.11 Å². The van der Waals surface area contributed by atoms with Crippen molar-refractivity contribution in [1.29, 1.82) is 0 Å². The maximum Gasteiger partial charge on any atom is 0.116 e. The third-order valence-corrected chi connectivity index (χ3v) is 2.30. The van der Waals surface area contributed by atoms with Crippen LogP contribution in [0.3, 0.4) is 0 Å². The van der Waals surface area contributed by atoms with E-state index in [1.54, 1.807) is 12.2 Å². The van der Waals surface area contributed by atoms with Crippen molar-refractivity contribution in [2.75, 3.05) is 0 Å². The van der Waals surface area contributed by atoms with Crippen molar-refractivity contribution in [3.05, 3.63) is 71.1 Å². The van der Waals surface area contributed by atoms with E-state index >= 15 is 0 Å². The van der Waals surface area contributed by atoms with Gasteiger partial charge in [-0.25, -0.2) is 0 Å². The van der Waals surface area contributed by atoms with E-state index in [0.717, 1.165) is 11.1 Å². The first-order chi connectivity index (χ1) is 6.77. The first-order valence-corrected chi connectivity index (χ1v) is 4.62. The first kappa shape index (κ1) is 8.82. The summed E-state index contributed by atoms with van der Waals surface area (Å²) in [6.45, 7) is 2.07. The summed E-state index contributed by atoms with van der Waals surface area (Å²) in [7, 11) is 0. The van der Waals surface area contributed by atoms with E-state index in [-0.39, 0.29) is 0 Å². The summed E-state index contributed by atoms with van der Waals surface area (Å²) in [6.07, 6.45) is 15.4. The third-order valence-electron chi connectivity index (χ3n) is 2.30. The van der Waals surface area contributed by atoms with E-state index in [1.165, 1.54) is 5.57 Å². The van der Waals surface area contributed by atoms with Crippen LogP contribution in [0.2, 0.25) is 0 Å². The highest BCUT2D eigenvalue weighted by Gasteiger charge is 2.07.